The fourth-order valence-corrected chi connectivity index (χ4v) is 3.85. The number of nitrogens with zero attached hydrogens (tertiary/aromatic N) is 2. The van der Waals surface area contributed by atoms with E-state index in [0.29, 0.717) is 22.9 Å². The third-order valence-electron chi connectivity index (χ3n) is 4.12. The first-order chi connectivity index (χ1) is 13.0. The molecule has 0 bridgehead atoms. The van der Waals surface area contributed by atoms with E-state index in [1.807, 2.05) is 42.8 Å². The quantitative estimate of drug-likeness (QED) is 0.652. The molecule has 0 saturated heterocycles. The Morgan fingerprint density at radius 3 is 2.59 bits per heavy atom. The molecule has 1 aromatic heterocycles. The van der Waals surface area contributed by atoms with Gasteiger partial charge in [-0.15, -0.1) is 0 Å². The molecular formula is C20H22N2O4S. The summed E-state index contributed by atoms with van der Waals surface area (Å²) in [5, 5.41) is 0. The second kappa shape index (κ2) is 8.26. The topological polar surface area (TPSA) is 62.1 Å². The third kappa shape index (κ3) is 4.14. The zero-order chi connectivity index (χ0) is 19.4. The molecule has 27 heavy (non-hydrogen) atoms. The molecule has 1 heterocycles. The molecule has 0 saturated carbocycles. The summed E-state index contributed by atoms with van der Waals surface area (Å²) in [4.78, 5) is 17.4. The first kappa shape index (κ1) is 19.0. The highest BCUT2D eigenvalue weighted by atomic mass is 32.1. The van der Waals surface area contributed by atoms with Crippen LogP contribution >= 0.6 is 11.3 Å². The summed E-state index contributed by atoms with van der Waals surface area (Å²) in [5.74, 6) is 1.83. The highest BCUT2D eigenvalue weighted by Crippen LogP contribution is 2.28. The monoisotopic (exact) mass is 386 g/mol. The standard InChI is InChI=1S/C20H22N2O4S/c1-5-26-14-7-8-15-18(12-14)27-20(22(15)2)21-19(23)11-13-6-9-16(24-3)17(10-13)25-4/h6-10,12H,5,11H2,1-4H3. The van der Waals surface area contributed by atoms with Crippen molar-refractivity contribution in [1.29, 1.82) is 0 Å². The number of carbonyl (C=O) groups is 1. The zero-order valence-electron chi connectivity index (χ0n) is 15.8. The van der Waals surface area contributed by atoms with Crippen LogP contribution in [0.4, 0.5) is 0 Å². The number of hydrogen-bond donors (Lipinski definition) is 0. The van der Waals surface area contributed by atoms with Crippen LogP contribution in [-0.2, 0) is 18.3 Å². The van der Waals surface area contributed by atoms with Gasteiger partial charge in [-0.25, -0.2) is 0 Å². The van der Waals surface area contributed by atoms with E-state index < -0.39 is 0 Å². The van der Waals surface area contributed by atoms with Gasteiger partial charge in [0.2, 0.25) is 0 Å². The van der Waals surface area contributed by atoms with Gasteiger partial charge >= 0.3 is 0 Å². The molecule has 0 aliphatic rings. The van der Waals surface area contributed by atoms with Gasteiger partial charge in [-0.05, 0) is 42.8 Å². The summed E-state index contributed by atoms with van der Waals surface area (Å²) in [5.41, 5.74) is 1.84. The van der Waals surface area contributed by atoms with E-state index in [2.05, 4.69) is 4.99 Å². The molecule has 6 nitrogen and oxygen atoms in total. The van der Waals surface area contributed by atoms with Gasteiger partial charge in [0.1, 0.15) is 5.75 Å². The van der Waals surface area contributed by atoms with Crippen molar-refractivity contribution < 1.29 is 19.0 Å². The number of carbonyl (C=O) groups excluding carboxylic acids is 1. The van der Waals surface area contributed by atoms with Gasteiger partial charge in [0.25, 0.3) is 5.91 Å². The van der Waals surface area contributed by atoms with Crippen molar-refractivity contribution in [2.24, 2.45) is 12.0 Å². The molecular weight excluding hydrogens is 364 g/mol. The summed E-state index contributed by atoms with van der Waals surface area (Å²) >= 11 is 1.47. The van der Waals surface area contributed by atoms with Crippen molar-refractivity contribution in [2.45, 2.75) is 13.3 Å². The van der Waals surface area contributed by atoms with Crippen LogP contribution in [0.15, 0.2) is 41.4 Å². The molecule has 3 aromatic rings. The SMILES string of the molecule is CCOc1ccc2c(c1)sc(=NC(=O)Cc1ccc(OC)c(OC)c1)n2C. The van der Waals surface area contributed by atoms with Gasteiger partial charge < -0.3 is 18.8 Å². The van der Waals surface area contributed by atoms with Crippen LogP contribution in [0.25, 0.3) is 10.2 Å². The highest BCUT2D eigenvalue weighted by molar-refractivity contribution is 7.16. The summed E-state index contributed by atoms with van der Waals surface area (Å²) in [6.45, 7) is 2.57. The maximum Gasteiger partial charge on any atom is 0.252 e. The zero-order valence-corrected chi connectivity index (χ0v) is 16.6. The Hall–Kier alpha value is -2.80. The summed E-state index contributed by atoms with van der Waals surface area (Å²) in [6.07, 6.45) is 0.193. The molecule has 3 rings (SSSR count). The molecule has 0 spiro atoms. The molecule has 7 heteroatoms. The molecule has 0 aliphatic heterocycles. The number of aryl methyl sites for hydroxylation is 1. The first-order valence-electron chi connectivity index (χ1n) is 8.56. The number of aromatic nitrogens is 1. The lowest BCUT2D eigenvalue weighted by atomic mass is 10.1. The lowest BCUT2D eigenvalue weighted by molar-refractivity contribution is -0.117. The molecule has 0 radical (unpaired) electrons. The average Bonchev–Trinajstić information content (AvgIpc) is 2.96. The Morgan fingerprint density at radius 1 is 1.11 bits per heavy atom. The van der Waals surface area contributed by atoms with Crippen LogP contribution in [0, 0.1) is 0 Å². The van der Waals surface area contributed by atoms with E-state index in [1.165, 1.54) is 11.3 Å². The van der Waals surface area contributed by atoms with Gasteiger partial charge in [-0.1, -0.05) is 17.4 Å². The fourth-order valence-electron chi connectivity index (χ4n) is 2.79. The van der Waals surface area contributed by atoms with Crippen molar-refractivity contribution in [1.82, 2.24) is 4.57 Å². The number of thiazole rings is 1. The maximum absolute atomic E-state index is 12.5. The number of benzene rings is 2. The first-order valence-corrected chi connectivity index (χ1v) is 9.38. The minimum absolute atomic E-state index is 0.193. The number of ether oxygens (including phenoxy) is 3. The molecule has 0 fully saturated rings. The van der Waals surface area contributed by atoms with Gasteiger partial charge in [0.15, 0.2) is 16.3 Å². The van der Waals surface area contributed by atoms with Gasteiger partial charge in [-0.2, -0.15) is 4.99 Å². The fraction of sp³-hybridized carbons (Fsp3) is 0.300. The van der Waals surface area contributed by atoms with E-state index >= 15 is 0 Å². The Bertz CT molecular complexity index is 1040. The number of rotatable bonds is 6. The van der Waals surface area contributed by atoms with E-state index in [1.54, 1.807) is 26.4 Å². The van der Waals surface area contributed by atoms with Crippen molar-refractivity contribution in [3.05, 3.63) is 46.8 Å². The van der Waals surface area contributed by atoms with E-state index in [9.17, 15) is 4.79 Å². The number of hydrogen-bond acceptors (Lipinski definition) is 5. The second-order valence-electron chi connectivity index (χ2n) is 5.88. The van der Waals surface area contributed by atoms with Crippen molar-refractivity contribution in [3.8, 4) is 17.2 Å². The molecule has 0 N–H and O–H groups in total. The molecule has 1 amide bonds. The van der Waals surface area contributed by atoms with Crippen LogP contribution in [0.5, 0.6) is 17.2 Å². The molecule has 0 unspecified atom stereocenters. The van der Waals surface area contributed by atoms with Crippen molar-refractivity contribution in [3.63, 3.8) is 0 Å². The van der Waals surface area contributed by atoms with Gasteiger partial charge in [-0.3, -0.25) is 4.79 Å². The van der Waals surface area contributed by atoms with Crippen LogP contribution in [0.2, 0.25) is 0 Å². The summed E-state index contributed by atoms with van der Waals surface area (Å²) < 4.78 is 19.0. The number of amides is 1. The smallest absolute Gasteiger partial charge is 0.252 e. The number of methoxy groups -OCH3 is 2. The number of fused-ring (bicyclic) bond motifs is 1. The second-order valence-corrected chi connectivity index (χ2v) is 6.89. The Labute approximate surface area is 161 Å². The lowest BCUT2D eigenvalue weighted by Gasteiger charge is -2.08. The molecule has 0 aliphatic carbocycles. The van der Waals surface area contributed by atoms with Crippen LogP contribution < -0.4 is 19.0 Å². The summed E-state index contributed by atoms with van der Waals surface area (Å²) in [7, 11) is 5.06. The molecule has 142 valence electrons. The Kier molecular flexibility index (Phi) is 5.81. The average molecular weight is 386 g/mol. The Balaban J connectivity index is 1.87. The predicted molar refractivity (Wildman–Crippen MR) is 106 cm³/mol. The Morgan fingerprint density at radius 2 is 1.89 bits per heavy atom. The van der Waals surface area contributed by atoms with E-state index in [4.69, 9.17) is 14.2 Å². The van der Waals surface area contributed by atoms with Crippen LogP contribution in [-0.4, -0.2) is 31.3 Å². The normalized spacial score (nSPS) is 11.6. The maximum atomic E-state index is 12.5. The van der Waals surface area contributed by atoms with Gasteiger partial charge in [0.05, 0.1) is 37.5 Å². The third-order valence-corrected chi connectivity index (χ3v) is 5.21. The lowest BCUT2D eigenvalue weighted by Crippen LogP contribution is -2.14. The predicted octanol–water partition coefficient (Wildman–Crippen LogP) is 3.33. The van der Waals surface area contributed by atoms with E-state index in [-0.39, 0.29) is 12.3 Å². The van der Waals surface area contributed by atoms with Crippen molar-refractivity contribution in [2.75, 3.05) is 20.8 Å². The minimum atomic E-state index is -0.214. The van der Waals surface area contributed by atoms with Crippen LogP contribution in [0.3, 0.4) is 0 Å². The summed E-state index contributed by atoms with van der Waals surface area (Å²) in [6, 6.07) is 11.3. The van der Waals surface area contributed by atoms with Crippen molar-refractivity contribution >= 4 is 27.5 Å². The highest BCUT2D eigenvalue weighted by Gasteiger charge is 2.10. The van der Waals surface area contributed by atoms with E-state index in [0.717, 1.165) is 21.5 Å². The molecule has 2 aromatic carbocycles. The molecule has 0 atom stereocenters. The van der Waals surface area contributed by atoms with Gasteiger partial charge in [0, 0.05) is 7.05 Å². The largest absolute Gasteiger partial charge is 0.494 e. The minimum Gasteiger partial charge on any atom is -0.494 e. The van der Waals surface area contributed by atoms with Crippen LogP contribution in [0.1, 0.15) is 12.5 Å².